The minimum atomic E-state index is -1.59. The van der Waals surface area contributed by atoms with Crippen molar-refractivity contribution in [2.24, 2.45) is 0 Å². The van der Waals surface area contributed by atoms with Crippen LogP contribution in [0.5, 0.6) is 17.2 Å². The highest BCUT2D eigenvalue weighted by Crippen LogP contribution is 2.40. The predicted molar refractivity (Wildman–Crippen MR) is 105 cm³/mol. The summed E-state index contributed by atoms with van der Waals surface area (Å²) in [7, 11) is 4.35. The van der Waals surface area contributed by atoms with E-state index in [-0.39, 0.29) is 9.23 Å². The number of hydrogen-bond donors (Lipinski definition) is 2. The van der Waals surface area contributed by atoms with Gasteiger partial charge in [0.2, 0.25) is 5.75 Å². The van der Waals surface area contributed by atoms with Crippen molar-refractivity contribution < 1.29 is 38.8 Å². The first kappa shape index (κ1) is 21.5. The Morgan fingerprint density at radius 2 is 1.75 bits per heavy atom. The van der Waals surface area contributed by atoms with E-state index in [1.54, 1.807) is 12.1 Å². The molecule has 150 valence electrons. The van der Waals surface area contributed by atoms with E-state index in [4.69, 9.17) is 31.5 Å². The Morgan fingerprint density at radius 3 is 2.18 bits per heavy atom. The number of carbonyl (C=O) groups excluding carboxylic acids is 1. The molecule has 1 heterocycles. The van der Waals surface area contributed by atoms with Crippen LogP contribution in [0, 0.1) is 0 Å². The fourth-order valence-corrected chi connectivity index (χ4v) is 3.90. The molecule has 1 aliphatic heterocycles. The van der Waals surface area contributed by atoms with Crippen molar-refractivity contribution in [1.82, 2.24) is 4.90 Å². The van der Waals surface area contributed by atoms with Crippen LogP contribution < -0.4 is 14.2 Å². The van der Waals surface area contributed by atoms with Gasteiger partial charge in [-0.25, -0.2) is 4.79 Å². The fraction of sp³-hybridized carbons (Fsp3) is 0.294. The predicted octanol–water partition coefficient (Wildman–Crippen LogP) is 1.84. The van der Waals surface area contributed by atoms with Crippen LogP contribution in [0.25, 0.3) is 6.08 Å². The van der Waals surface area contributed by atoms with Crippen LogP contribution in [0.3, 0.4) is 0 Å². The Bertz CT molecular complexity index is 842. The van der Waals surface area contributed by atoms with E-state index in [9.17, 15) is 19.5 Å². The van der Waals surface area contributed by atoms with Gasteiger partial charge in [0.15, 0.2) is 11.5 Å². The molecule has 0 aliphatic carbocycles. The zero-order valence-corrected chi connectivity index (χ0v) is 16.8. The molecule has 1 atom stereocenters. The lowest BCUT2D eigenvalue weighted by atomic mass is 10.1. The van der Waals surface area contributed by atoms with Crippen molar-refractivity contribution in [3.8, 4) is 17.2 Å². The zero-order valence-electron chi connectivity index (χ0n) is 15.1. The Kier molecular flexibility index (Phi) is 6.86. The normalized spacial score (nSPS) is 16.2. The van der Waals surface area contributed by atoms with E-state index in [0.717, 1.165) is 16.7 Å². The first-order valence-electron chi connectivity index (χ1n) is 7.75. The number of hydrogen-bond acceptors (Lipinski definition) is 8. The van der Waals surface area contributed by atoms with Gasteiger partial charge in [0.1, 0.15) is 10.4 Å². The molecule has 1 saturated heterocycles. The molecular weight excluding hydrogens is 410 g/mol. The Balaban J connectivity index is 2.43. The Hall–Kier alpha value is -2.79. The highest BCUT2D eigenvalue weighted by molar-refractivity contribution is 8.26. The van der Waals surface area contributed by atoms with Gasteiger partial charge in [0, 0.05) is 0 Å². The third-order valence-electron chi connectivity index (χ3n) is 3.77. The molecule has 2 rings (SSSR count). The van der Waals surface area contributed by atoms with Crippen LogP contribution in [-0.2, 0) is 14.4 Å². The highest BCUT2D eigenvalue weighted by Gasteiger charge is 2.41. The van der Waals surface area contributed by atoms with Crippen molar-refractivity contribution in [2.45, 2.75) is 12.5 Å². The minimum absolute atomic E-state index is 0.0302. The van der Waals surface area contributed by atoms with Crippen molar-refractivity contribution >= 4 is 52.2 Å². The molecule has 11 heteroatoms. The second-order valence-electron chi connectivity index (χ2n) is 5.46. The van der Waals surface area contributed by atoms with Gasteiger partial charge in [-0.1, -0.05) is 24.0 Å². The van der Waals surface area contributed by atoms with E-state index in [0.29, 0.717) is 22.8 Å². The first-order chi connectivity index (χ1) is 13.2. The molecule has 1 amide bonds. The second-order valence-corrected chi connectivity index (χ2v) is 7.14. The van der Waals surface area contributed by atoms with Crippen molar-refractivity contribution in [1.29, 1.82) is 0 Å². The van der Waals surface area contributed by atoms with Gasteiger partial charge >= 0.3 is 11.9 Å². The average molecular weight is 427 g/mol. The third kappa shape index (κ3) is 4.37. The number of nitrogens with zero attached hydrogens (tertiary/aromatic N) is 1. The van der Waals surface area contributed by atoms with E-state index in [1.165, 1.54) is 27.4 Å². The summed E-state index contributed by atoms with van der Waals surface area (Å²) in [6.45, 7) is 0. The molecule has 28 heavy (non-hydrogen) atoms. The lowest BCUT2D eigenvalue weighted by molar-refractivity contribution is -0.150. The second kappa shape index (κ2) is 8.93. The van der Waals surface area contributed by atoms with Crippen LogP contribution >= 0.6 is 24.0 Å². The lowest BCUT2D eigenvalue weighted by Gasteiger charge is -2.21. The first-order valence-corrected chi connectivity index (χ1v) is 8.97. The number of thiocarbonyl (C=S) groups is 1. The molecule has 0 radical (unpaired) electrons. The number of benzene rings is 1. The number of methoxy groups -OCH3 is 3. The average Bonchev–Trinajstić information content (AvgIpc) is 2.91. The number of aliphatic carboxylic acids is 2. The van der Waals surface area contributed by atoms with Crippen LogP contribution in [0.4, 0.5) is 0 Å². The SMILES string of the molecule is COc1cc(/C=C2\SC(=S)N([C@@H](CC(=O)O)C(=O)O)C2=O)cc(OC)c1OC. The summed E-state index contributed by atoms with van der Waals surface area (Å²) < 4.78 is 15.7. The molecule has 1 fully saturated rings. The number of carboxylic acids is 2. The molecule has 0 bridgehead atoms. The summed E-state index contributed by atoms with van der Waals surface area (Å²) in [5.74, 6) is -2.36. The maximum atomic E-state index is 12.7. The van der Waals surface area contributed by atoms with E-state index in [2.05, 4.69) is 0 Å². The van der Waals surface area contributed by atoms with Crippen LogP contribution in [0.1, 0.15) is 12.0 Å². The Morgan fingerprint density at radius 1 is 1.18 bits per heavy atom. The van der Waals surface area contributed by atoms with Gasteiger partial charge < -0.3 is 24.4 Å². The van der Waals surface area contributed by atoms with Gasteiger partial charge in [0.05, 0.1) is 32.7 Å². The standard InChI is InChI=1S/C17H17NO8S2/c1-24-10-4-8(5-11(25-2)14(10)26-3)6-12-15(21)18(17(27)28-12)9(16(22)23)7-13(19)20/h4-6,9H,7H2,1-3H3,(H,19,20)(H,22,23)/b12-6-/t9-/m0/s1. The van der Waals surface area contributed by atoms with E-state index < -0.39 is 30.3 Å². The van der Waals surface area contributed by atoms with E-state index >= 15 is 0 Å². The maximum absolute atomic E-state index is 12.7. The number of rotatable bonds is 8. The van der Waals surface area contributed by atoms with Gasteiger partial charge in [-0.2, -0.15) is 0 Å². The van der Waals surface area contributed by atoms with Gasteiger partial charge in [-0.3, -0.25) is 14.5 Å². The number of thioether (sulfide) groups is 1. The number of carboxylic acid groups (broad SMARTS) is 2. The van der Waals surface area contributed by atoms with E-state index in [1.807, 2.05) is 0 Å². The molecule has 2 N–H and O–H groups in total. The van der Waals surface area contributed by atoms with Crippen LogP contribution in [0.2, 0.25) is 0 Å². The molecule has 0 unspecified atom stereocenters. The molecule has 1 aromatic carbocycles. The zero-order chi connectivity index (χ0) is 21.0. The van der Waals surface area contributed by atoms with Crippen LogP contribution in [0.15, 0.2) is 17.0 Å². The summed E-state index contributed by atoms with van der Waals surface area (Å²) in [5.41, 5.74) is 0.528. The molecular formula is C17H17NO8S2. The minimum Gasteiger partial charge on any atom is -0.493 e. The number of amides is 1. The van der Waals surface area contributed by atoms with Gasteiger partial charge in [0.25, 0.3) is 5.91 Å². The molecule has 9 nitrogen and oxygen atoms in total. The number of ether oxygens (including phenoxy) is 3. The van der Waals surface area contributed by atoms with Gasteiger partial charge in [-0.05, 0) is 23.8 Å². The number of carbonyl (C=O) groups is 3. The monoisotopic (exact) mass is 427 g/mol. The largest absolute Gasteiger partial charge is 0.493 e. The topological polar surface area (TPSA) is 123 Å². The smallest absolute Gasteiger partial charge is 0.327 e. The summed E-state index contributed by atoms with van der Waals surface area (Å²) in [4.78, 5) is 36.0. The fourth-order valence-electron chi connectivity index (χ4n) is 2.54. The van der Waals surface area contributed by atoms with Gasteiger partial charge in [-0.15, -0.1) is 0 Å². The highest BCUT2D eigenvalue weighted by atomic mass is 32.2. The summed E-state index contributed by atoms with van der Waals surface area (Å²) >= 11 is 5.98. The molecule has 1 aliphatic rings. The summed E-state index contributed by atoms with van der Waals surface area (Å²) in [5, 5.41) is 18.2. The molecule has 1 aromatic rings. The molecule has 0 spiro atoms. The Labute approximate surface area is 169 Å². The molecule has 0 aromatic heterocycles. The molecule has 0 saturated carbocycles. The van der Waals surface area contributed by atoms with Crippen molar-refractivity contribution in [3.05, 3.63) is 22.6 Å². The van der Waals surface area contributed by atoms with Crippen molar-refractivity contribution in [2.75, 3.05) is 21.3 Å². The summed E-state index contributed by atoms with van der Waals surface area (Å²) in [6.07, 6.45) is 0.725. The van der Waals surface area contributed by atoms with Crippen molar-refractivity contribution in [3.63, 3.8) is 0 Å². The quantitative estimate of drug-likeness (QED) is 0.469. The third-order valence-corrected chi connectivity index (χ3v) is 5.10. The van der Waals surface area contributed by atoms with Crippen LogP contribution in [-0.4, -0.2) is 64.7 Å². The summed E-state index contributed by atoms with van der Waals surface area (Å²) in [6, 6.07) is 1.63. The lowest BCUT2D eigenvalue weighted by Crippen LogP contribution is -2.45. The maximum Gasteiger partial charge on any atom is 0.327 e.